The van der Waals surface area contributed by atoms with Gasteiger partial charge in [0, 0.05) is 18.1 Å². The van der Waals surface area contributed by atoms with Crippen molar-refractivity contribution in [3.05, 3.63) is 63.6 Å². The lowest BCUT2D eigenvalue weighted by Gasteiger charge is -2.14. The van der Waals surface area contributed by atoms with Gasteiger partial charge in [0.05, 0.1) is 10.6 Å². The summed E-state index contributed by atoms with van der Waals surface area (Å²) in [7, 11) is 0. The van der Waals surface area contributed by atoms with Crippen LogP contribution >= 0.6 is 23.2 Å². The first-order valence-corrected chi connectivity index (χ1v) is 9.02. The number of benzene rings is 2. The largest absolute Gasteiger partial charge is 0.479 e. The molecule has 2 N–H and O–H groups in total. The Morgan fingerprint density at radius 2 is 1.96 bits per heavy atom. The Bertz CT molecular complexity index is 812. The van der Waals surface area contributed by atoms with Crippen LogP contribution in [0.25, 0.3) is 0 Å². The molecule has 2 aromatic carbocycles. The van der Waals surface area contributed by atoms with Crippen LogP contribution in [0.5, 0.6) is 5.75 Å². The molecule has 1 amide bonds. The predicted molar refractivity (Wildman–Crippen MR) is 102 cm³/mol. The summed E-state index contributed by atoms with van der Waals surface area (Å²) in [6.07, 6.45) is -0.0296. The van der Waals surface area contributed by atoms with E-state index in [2.05, 4.69) is 5.48 Å². The molecule has 0 aromatic heterocycles. The van der Waals surface area contributed by atoms with Crippen molar-refractivity contribution in [1.29, 1.82) is 0 Å². The maximum absolute atomic E-state index is 12.2. The van der Waals surface area contributed by atoms with Gasteiger partial charge in [-0.1, -0.05) is 42.3 Å². The molecule has 1 atom stereocenters. The summed E-state index contributed by atoms with van der Waals surface area (Å²) in [6, 6.07) is 11.2. The normalized spacial score (nSPS) is 11.7. The van der Waals surface area contributed by atoms with Crippen molar-refractivity contribution >= 4 is 35.1 Å². The monoisotopic (exact) mass is 411 g/mol. The molecule has 0 aliphatic rings. The lowest BCUT2D eigenvalue weighted by atomic mass is 10.1. The van der Waals surface area contributed by atoms with Crippen molar-refractivity contribution in [3.8, 4) is 5.75 Å². The Balaban J connectivity index is 2.00. The first-order valence-electron chi connectivity index (χ1n) is 8.26. The molecular formula is C19H19Cl2NO5. The third-order valence-corrected chi connectivity index (χ3v) is 4.10. The zero-order chi connectivity index (χ0) is 19.8. The van der Waals surface area contributed by atoms with Crippen molar-refractivity contribution in [3.63, 3.8) is 0 Å². The zero-order valence-electron chi connectivity index (χ0n) is 14.6. The molecule has 1 unspecified atom stereocenters. The number of carbonyl (C=O) groups excluding carboxylic acids is 1. The second-order valence-corrected chi connectivity index (χ2v) is 6.55. The number of hydrogen-bond donors (Lipinski definition) is 2. The fraction of sp³-hybridized carbons (Fsp3) is 0.263. The van der Waals surface area contributed by atoms with Gasteiger partial charge in [-0.25, -0.2) is 4.79 Å². The highest BCUT2D eigenvalue weighted by atomic mass is 35.5. The number of carbonyl (C=O) groups is 2. The van der Waals surface area contributed by atoms with Crippen molar-refractivity contribution in [2.24, 2.45) is 0 Å². The van der Waals surface area contributed by atoms with Crippen molar-refractivity contribution in [1.82, 2.24) is 5.48 Å². The van der Waals surface area contributed by atoms with Crippen LogP contribution in [0.15, 0.2) is 42.5 Å². The number of hydrogen-bond acceptors (Lipinski definition) is 4. The van der Waals surface area contributed by atoms with Gasteiger partial charge in [0.1, 0.15) is 0 Å². The molecule has 0 saturated carbocycles. The SMILES string of the molecule is CCCOC(Cc1cccc(ONC(=O)c2ccc(Cl)cc2Cl)c1)C(=O)O. The van der Waals surface area contributed by atoms with E-state index in [-0.39, 0.29) is 17.0 Å². The summed E-state index contributed by atoms with van der Waals surface area (Å²) in [5, 5.41) is 9.87. The highest BCUT2D eigenvalue weighted by Crippen LogP contribution is 2.21. The predicted octanol–water partition coefficient (Wildman–Crippen LogP) is 4.14. The van der Waals surface area contributed by atoms with Gasteiger partial charge in [-0.05, 0) is 42.3 Å². The minimum absolute atomic E-state index is 0.184. The van der Waals surface area contributed by atoms with E-state index in [9.17, 15) is 14.7 Å². The minimum atomic E-state index is -1.03. The van der Waals surface area contributed by atoms with Gasteiger partial charge >= 0.3 is 5.97 Å². The van der Waals surface area contributed by atoms with Crippen molar-refractivity contribution in [2.75, 3.05) is 6.61 Å². The molecule has 2 rings (SSSR count). The topological polar surface area (TPSA) is 84.9 Å². The molecule has 0 aliphatic heterocycles. The van der Waals surface area contributed by atoms with E-state index < -0.39 is 18.0 Å². The van der Waals surface area contributed by atoms with Gasteiger partial charge in [-0.15, -0.1) is 0 Å². The molecule has 27 heavy (non-hydrogen) atoms. The van der Waals surface area contributed by atoms with Crippen LogP contribution < -0.4 is 10.3 Å². The quantitative estimate of drug-likeness (QED) is 0.605. The first-order chi connectivity index (χ1) is 12.9. The second kappa shape index (κ2) is 10.2. The molecule has 0 bridgehead atoms. The summed E-state index contributed by atoms with van der Waals surface area (Å²) >= 11 is 11.8. The lowest BCUT2D eigenvalue weighted by molar-refractivity contribution is -0.150. The van der Waals surface area contributed by atoms with Crippen LogP contribution in [0.1, 0.15) is 29.3 Å². The van der Waals surface area contributed by atoms with Gasteiger partial charge in [0.2, 0.25) is 0 Å². The zero-order valence-corrected chi connectivity index (χ0v) is 16.1. The Hall–Kier alpha value is -2.28. The number of rotatable bonds is 9. The van der Waals surface area contributed by atoms with Crippen LogP contribution in [0.3, 0.4) is 0 Å². The molecule has 2 aromatic rings. The molecule has 6 nitrogen and oxygen atoms in total. The molecular weight excluding hydrogens is 393 g/mol. The second-order valence-electron chi connectivity index (χ2n) is 5.71. The van der Waals surface area contributed by atoms with E-state index in [4.69, 9.17) is 32.8 Å². The highest BCUT2D eigenvalue weighted by Gasteiger charge is 2.18. The van der Waals surface area contributed by atoms with Crippen LogP contribution in [0.4, 0.5) is 0 Å². The maximum Gasteiger partial charge on any atom is 0.333 e. The smallest absolute Gasteiger partial charge is 0.333 e. The van der Waals surface area contributed by atoms with E-state index in [1.807, 2.05) is 6.92 Å². The third-order valence-electron chi connectivity index (χ3n) is 3.56. The summed E-state index contributed by atoms with van der Waals surface area (Å²) in [4.78, 5) is 28.7. The summed E-state index contributed by atoms with van der Waals surface area (Å²) in [5.41, 5.74) is 3.22. The molecule has 0 radical (unpaired) electrons. The average molecular weight is 412 g/mol. The van der Waals surface area contributed by atoms with E-state index >= 15 is 0 Å². The number of aliphatic carboxylic acids is 1. The number of ether oxygens (including phenoxy) is 1. The summed E-state index contributed by atoms with van der Waals surface area (Å²) in [5.74, 6) is -1.21. The molecule has 0 aliphatic carbocycles. The number of amides is 1. The lowest BCUT2D eigenvalue weighted by Crippen LogP contribution is -2.28. The molecule has 0 spiro atoms. The Morgan fingerprint density at radius 3 is 2.63 bits per heavy atom. The van der Waals surface area contributed by atoms with Crippen LogP contribution in [0, 0.1) is 0 Å². The van der Waals surface area contributed by atoms with Gasteiger partial charge in [-0.2, -0.15) is 5.48 Å². The third kappa shape index (κ3) is 6.43. The standard InChI is InChI=1S/C19H19Cl2NO5/c1-2-8-26-17(19(24)25)10-12-4-3-5-14(9-12)27-22-18(23)15-7-6-13(20)11-16(15)21/h3-7,9,11,17H,2,8,10H2,1H3,(H,22,23)(H,24,25). The van der Waals surface area contributed by atoms with Crippen molar-refractivity contribution in [2.45, 2.75) is 25.9 Å². The van der Waals surface area contributed by atoms with Gasteiger partial charge in [0.25, 0.3) is 5.91 Å². The first kappa shape index (κ1) is 21.0. The minimum Gasteiger partial charge on any atom is -0.479 e. The number of nitrogens with one attached hydrogen (secondary N) is 1. The van der Waals surface area contributed by atoms with Gasteiger partial charge < -0.3 is 14.7 Å². The maximum atomic E-state index is 12.2. The molecule has 8 heteroatoms. The van der Waals surface area contributed by atoms with Crippen molar-refractivity contribution < 1.29 is 24.3 Å². The molecule has 0 heterocycles. The number of hydroxylamine groups is 1. The number of carboxylic acid groups (broad SMARTS) is 1. The fourth-order valence-corrected chi connectivity index (χ4v) is 2.76. The van der Waals surface area contributed by atoms with E-state index in [1.54, 1.807) is 30.3 Å². The van der Waals surface area contributed by atoms with E-state index in [1.165, 1.54) is 12.1 Å². The molecule has 0 saturated heterocycles. The highest BCUT2D eigenvalue weighted by molar-refractivity contribution is 6.36. The molecule has 144 valence electrons. The van der Waals surface area contributed by atoms with Crippen LogP contribution in [-0.2, 0) is 16.0 Å². The fourth-order valence-electron chi connectivity index (χ4n) is 2.26. The Kier molecular flexibility index (Phi) is 7.91. The average Bonchev–Trinajstić information content (AvgIpc) is 2.63. The number of carboxylic acids is 1. The number of halogens is 2. The Morgan fingerprint density at radius 1 is 1.19 bits per heavy atom. The van der Waals surface area contributed by atoms with Crippen LogP contribution in [-0.4, -0.2) is 29.7 Å². The van der Waals surface area contributed by atoms with E-state index in [0.29, 0.717) is 22.9 Å². The molecule has 0 fully saturated rings. The summed E-state index contributed by atoms with van der Waals surface area (Å²) < 4.78 is 5.34. The van der Waals surface area contributed by atoms with Gasteiger partial charge in [0.15, 0.2) is 11.9 Å². The van der Waals surface area contributed by atoms with Gasteiger partial charge in [-0.3, -0.25) is 4.79 Å². The van der Waals surface area contributed by atoms with Crippen LogP contribution in [0.2, 0.25) is 10.0 Å². The van der Waals surface area contributed by atoms with E-state index in [0.717, 1.165) is 6.42 Å². The summed E-state index contributed by atoms with van der Waals surface area (Å²) in [6.45, 7) is 2.27. The Labute approximate surface area is 166 Å².